The Morgan fingerprint density at radius 3 is 2.65 bits per heavy atom. The summed E-state index contributed by atoms with van der Waals surface area (Å²) in [5.41, 5.74) is -0.187. The van der Waals surface area contributed by atoms with E-state index in [9.17, 15) is 0 Å². The molecule has 120 valence electrons. The van der Waals surface area contributed by atoms with Gasteiger partial charge >= 0.3 is 0 Å². The Kier molecular flexibility index (Phi) is 3.78. The molecule has 0 aromatic carbocycles. The molecule has 0 N–H and O–H groups in total. The zero-order valence-electron chi connectivity index (χ0n) is 13.0. The molecule has 0 unspecified atom stereocenters. The molecule has 0 saturated carbocycles. The molecule has 2 aromatic rings. The fourth-order valence-corrected chi connectivity index (χ4v) is 3.47. The fourth-order valence-electron chi connectivity index (χ4n) is 3.47. The summed E-state index contributed by atoms with van der Waals surface area (Å²) in [7, 11) is 0. The Labute approximate surface area is 135 Å². The van der Waals surface area contributed by atoms with E-state index in [1.807, 2.05) is 12.3 Å². The normalized spacial score (nSPS) is 24.9. The molecule has 2 fully saturated rings. The minimum atomic E-state index is -0.187. The van der Waals surface area contributed by atoms with Crippen molar-refractivity contribution in [1.29, 1.82) is 0 Å². The van der Waals surface area contributed by atoms with Crippen LogP contribution in [0.5, 0.6) is 0 Å². The topological polar surface area (TPSA) is 67.3 Å². The molecular formula is C16H20N6O. The molecular weight excluding hydrogens is 292 g/mol. The number of nitrogens with zero attached hydrogens (tertiary/aromatic N) is 6. The smallest absolute Gasteiger partial charge is 0.225 e. The van der Waals surface area contributed by atoms with Gasteiger partial charge in [0.05, 0.1) is 25.9 Å². The molecule has 23 heavy (non-hydrogen) atoms. The summed E-state index contributed by atoms with van der Waals surface area (Å²) >= 11 is 0. The first-order valence-corrected chi connectivity index (χ1v) is 8.02. The van der Waals surface area contributed by atoms with Gasteiger partial charge in [0.15, 0.2) is 0 Å². The maximum Gasteiger partial charge on any atom is 0.225 e. The predicted molar refractivity (Wildman–Crippen MR) is 86.4 cm³/mol. The molecule has 2 aliphatic rings. The minimum Gasteiger partial charge on any atom is -0.369 e. The maximum absolute atomic E-state index is 6.22. The molecule has 2 aromatic heterocycles. The highest BCUT2D eigenvalue weighted by molar-refractivity contribution is 5.38. The summed E-state index contributed by atoms with van der Waals surface area (Å²) in [5.74, 6) is 1.70. The van der Waals surface area contributed by atoms with Gasteiger partial charge in [-0.1, -0.05) is 0 Å². The second-order valence-electron chi connectivity index (χ2n) is 6.09. The van der Waals surface area contributed by atoms with Gasteiger partial charge in [-0.25, -0.2) is 15.0 Å². The standard InChI is InChI=1S/C16H20N6O/c1-3-16(12-21(8-1)14-11-17-6-7-18-14)13-22(9-10-23-16)15-19-4-2-5-20-15/h2,4-7,11H,1,3,8-10,12-13H2/t16-/m0/s1. The van der Waals surface area contributed by atoms with Crippen molar-refractivity contribution in [2.45, 2.75) is 18.4 Å². The minimum absolute atomic E-state index is 0.187. The monoisotopic (exact) mass is 312 g/mol. The maximum atomic E-state index is 6.22. The van der Waals surface area contributed by atoms with E-state index >= 15 is 0 Å². The highest BCUT2D eigenvalue weighted by Crippen LogP contribution is 2.31. The van der Waals surface area contributed by atoms with Gasteiger partial charge in [-0.2, -0.15) is 0 Å². The van der Waals surface area contributed by atoms with E-state index in [2.05, 4.69) is 29.7 Å². The number of hydrogen-bond donors (Lipinski definition) is 0. The van der Waals surface area contributed by atoms with Gasteiger partial charge < -0.3 is 14.5 Å². The Bertz CT molecular complexity index is 580. The quantitative estimate of drug-likeness (QED) is 0.824. The first-order chi connectivity index (χ1) is 11.3. The Balaban J connectivity index is 1.53. The van der Waals surface area contributed by atoms with E-state index in [4.69, 9.17) is 4.74 Å². The second kappa shape index (κ2) is 6.08. The summed E-state index contributed by atoms with van der Waals surface area (Å²) < 4.78 is 6.22. The predicted octanol–water partition coefficient (Wildman–Crippen LogP) is 1.14. The fraction of sp³-hybridized carbons (Fsp3) is 0.500. The van der Waals surface area contributed by atoms with Crippen LogP contribution >= 0.6 is 0 Å². The van der Waals surface area contributed by atoms with Crippen LogP contribution in [0.1, 0.15) is 12.8 Å². The third-order valence-corrected chi connectivity index (χ3v) is 4.50. The van der Waals surface area contributed by atoms with Crippen molar-refractivity contribution in [1.82, 2.24) is 19.9 Å². The molecule has 7 nitrogen and oxygen atoms in total. The Morgan fingerprint density at radius 2 is 1.83 bits per heavy atom. The van der Waals surface area contributed by atoms with E-state index in [1.54, 1.807) is 24.8 Å². The lowest BCUT2D eigenvalue weighted by Crippen LogP contribution is -2.60. The lowest BCUT2D eigenvalue weighted by atomic mass is 9.91. The van der Waals surface area contributed by atoms with Crippen molar-refractivity contribution in [3.63, 3.8) is 0 Å². The van der Waals surface area contributed by atoms with Crippen molar-refractivity contribution in [2.75, 3.05) is 42.6 Å². The van der Waals surface area contributed by atoms with Crippen LogP contribution in [0, 0.1) is 0 Å². The van der Waals surface area contributed by atoms with Crippen LogP contribution < -0.4 is 9.80 Å². The van der Waals surface area contributed by atoms with E-state index in [1.165, 1.54) is 0 Å². The third kappa shape index (κ3) is 2.96. The zero-order chi connectivity index (χ0) is 15.5. The summed E-state index contributed by atoms with van der Waals surface area (Å²) in [4.78, 5) is 21.9. The Hall–Kier alpha value is -2.28. The number of aromatic nitrogens is 4. The molecule has 1 atom stereocenters. The number of anilines is 2. The molecule has 0 bridgehead atoms. The largest absolute Gasteiger partial charge is 0.369 e. The Morgan fingerprint density at radius 1 is 0.957 bits per heavy atom. The average Bonchev–Trinajstić information content (AvgIpc) is 2.63. The van der Waals surface area contributed by atoms with Crippen LogP contribution in [-0.2, 0) is 4.74 Å². The van der Waals surface area contributed by atoms with Gasteiger partial charge in [0.1, 0.15) is 11.4 Å². The van der Waals surface area contributed by atoms with Gasteiger partial charge in [0.25, 0.3) is 0 Å². The number of morpholine rings is 1. The van der Waals surface area contributed by atoms with E-state index < -0.39 is 0 Å². The molecule has 0 radical (unpaired) electrons. The van der Waals surface area contributed by atoms with Gasteiger partial charge in [-0.15, -0.1) is 0 Å². The SMILES string of the molecule is c1cnc(N2CCO[C@]3(CCCN(c4cnccn4)C3)C2)nc1. The highest BCUT2D eigenvalue weighted by Gasteiger charge is 2.41. The number of piperidine rings is 1. The van der Waals surface area contributed by atoms with E-state index in [-0.39, 0.29) is 5.60 Å². The first kappa shape index (κ1) is 14.3. The van der Waals surface area contributed by atoms with Crippen molar-refractivity contribution >= 4 is 11.8 Å². The molecule has 2 aliphatic heterocycles. The van der Waals surface area contributed by atoms with Gasteiger partial charge in [0, 0.05) is 37.9 Å². The molecule has 4 heterocycles. The van der Waals surface area contributed by atoms with Crippen LogP contribution in [0.4, 0.5) is 11.8 Å². The first-order valence-electron chi connectivity index (χ1n) is 8.02. The van der Waals surface area contributed by atoms with Crippen LogP contribution in [0.2, 0.25) is 0 Å². The van der Waals surface area contributed by atoms with Crippen molar-refractivity contribution in [3.8, 4) is 0 Å². The number of ether oxygens (including phenoxy) is 1. The second-order valence-corrected chi connectivity index (χ2v) is 6.09. The van der Waals surface area contributed by atoms with Gasteiger partial charge in [0.2, 0.25) is 5.95 Å². The summed E-state index contributed by atoms with van der Waals surface area (Å²) in [6.45, 7) is 4.16. The van der Waals surface area contributed by atoms with Crippen LogP contribution in [-0.4, -0.2) is 58.3 Å². The van der Waals surface area contributed by atoms with Crippen LogP contribution in [0.3, 0.4) is 0 Å². The van der Waals surface area contributed by atoms with Crippen molar-refractivity contribution < 1.29 is 4.74 Å². The molecule has 0 amide bonds. The van der Waals surface area contributed by atoms with E-state index in [0.717, 1.165) is 50.8 Å². The third-order valence-electron chi connectivity index (χ3n) is 4.50. The lowest BCUT2D eigenvalue weighted by Gasteiger charge is -2.48. The van der Waals surface area contributed by atoms with Crippen molar-refractivity contribution in [3.05, 3.63) is 37.1 Å². The molecule has 2 saturated heterocycles. The van der Waals surface area contributed by atoms with Gasteiger partial charge in [-0.05, 0) is 18.9 Å². The van der Waals surface area contributed by atoms with Gasteiger partial charge in [-0.3, -0.25) is 4.98 Å². The van der Waals surface area contributed by atoms with E-state index in [0.29, 0.717) is 6.61 Å². The molecule has 7 heteroatoms. The zero-order valence-corrected chi connectivity index (χ0v) is 13.0. The number of rotatable bonds is 2. The summed E-state index contributed by atoms with van der Waals surface area (Å²) in [6, 6.07) is 1.84. The summed E-state index contributed by atoms with van der Waals surface area (Å²) in [6.07, 6.45) is 11.0. The number of hydrogen-bond acceptors (Lipinski definition) is 7. The summed E-state index contributed by atoms with van der Waals surface area (Å²) in [5, 5.41) is 0. The average molecular weight is 312 g/mol. The van der Waals surface area contributed by atoms with Crippen LogP contribution in [0.25, 0.3) is 0 Å². The molecule has 0 aliphatic carbocycles. The molecule has 1 spiro atoms. The molecule has 4 rings (SSSR count). The lowest BCUT2D eigenvalue weighted by molar-refractivity contribution is -0.0634. The van der Waals surface area contributed by atoms with Crippen LogP contribution in [0.15, 0.2) is 37.1 Å². The highest BCUT2D eigenvalue weighted by atomic mass is 16.5. The van der Waals surface area contributed by atoms with Crippen molar-refractivity contribution in [2.24, 2.45) is 0 Å².